The summed E-state index contributed by atoms with van der Waals surface area (Å²) in [5.74, 6) is -0.00968. The van der Waals surface area contributed by atoms with Gasteiger partial charge in [-0.05, 0) is 18.8 Å². The molecule has 0 atom stereocenters. The molecule has 0 aliphatic heterocycles. The Balaban J connectivity index is 2.28. The fourth-order valence-electron chi connectivity index (χ4n) is 1.81. The second-order valence-electron chi connectivity index (χ2n) is 4.39. The number of Topliss-reactive ketones (excluding diaryl/α,β-unsaturated/α-hetero) is 1. The lowest BCUT2D eigenvalue weighted by Gasteiger charge is -2.09. The Morgan fingerprint density at radius 1 is 1.50 bits per heavy atom. The smallest absolute Gasteiger partial charge is 0.397 e. The van der Waals surface area contributed by atoms with Crippen molar-refractivity contribution in [1.82, 2.24) is 0 Å². The van der Waals surface area contributed by atoms with Gasteiger partial charge in [-0.2, -0.15) is 13.2 Å². The lowest BCUT2D eigenvalue weighted by molar-refractivity contribution is -0.115. The van der Waals surface area contributed by atoms with Crippen LogP contribution < -0.4 is 11.1 Å². The fourth-order valence-corrected chi connectivity index (χ4v) is 2.91. The van der Waals surface area contributed by atoms with Gasteiger partial charge in [0.05, 0.1) is 15.6 Å². The van der Waals surface area contributed by atoms with Gasteiger partial charge in [0.15, 0.2) is 5.78 Å². The molecule has 2 rings (SSSR count). The summed E-state index contributed by atoms with van der Waals surface area (Å²) in [6.45, 7) is 0.260. The number of carbonyl (C=O) groups is 1. The van der Waals surface area contributed by atoms with Gasteiger partial charge in [0, 0.05) is 12.5 Å². The first kappa shape index (κ1) is 13.2. The molecule has 3 N–H and O–H groups in total. The summed E-state index contributed by atoms with van der Waals surface area (Å²) in [6.07, 6.45) is -2.45. The molecule has 0 radical (unpaired) electrons. The monoisotopic (exact) mass is 278 g/mol. The lowest BCUT2D eigenvalue weighted by Crippen LogP contribution is -2.21. The van der Waals surface area contributed by atoms with Crippen molar-refractivity contribution in [1.29, 1.82) is 0 Å². The van der Waals surface area contributed by atoms with E-state index in [0.717, 1.165) is 24.2 Å². The Hall–Kier alpha value is -1.24. The highest BCUT2D eigenvalue weighted by Gasteiger charge is 2.34. The zero-order chi connectivity index (χ0) is 13.5. The Morgan fingerprint density at radius 3 is 2.56 bits per heavy atom. The number of alkyl halides is 3. The van der Waals surface area contributed by atoms with E-state index in [9.17, 15) is 18.0 Å². The van der Waals surface area contributed by atoms with Gasteiger partial charge in [-0.15, -0.1) is 11.3 Å². The third-order valence-electron chi connectivity index (χ3n) is 2.74. The average molecular weight is 278 g/mol. The topological polar surface area (TPSA) is 55.1 Å². The number of thiophene rings is 1. The van der Waals surface area contributed by atoms with Crippen LogP contribution in [0.4, 0.5) is 23.9 Å². The molecular formula is C11H13F3N2OS. The highest BCUT2D eigenvalue weighted by Crippen LogP contribution is 2.51. The minimum absolute atomic E-state index is 0.199. The van der Waals surface area contributed by atoms with E-state index >= 15 is 0 Å². The minimum atomic E-state index is -4.28. The van der Waals surface area contributed by atoms with Crippen molar-refractivity contribution >= 4 is 27.8 Å². The standard InChI is InChI=1S/C11H13F3N2OS/c1-5(17)9-8(15)7(6-2-3-6)10(18-9)16-4-11(12,13)14/h6,16H,2-4,15H2,1H3. The average Bonchev–Trinajstić information content (AvgIpc) is 2.99. The van der Waals surface area contributed by atoms with Crippen molar-refractivity contribution in [3.8, 4) is 0 Å². The van der Waals surface area contributed by atoms with Crippen LogP contribution in [-0.2, 0) is 0 Å². The molecule has 1 aliphatic carbocycles. The first-order valence-electron chi connectivity index (χ1n) is 5.53. The molecule has 1 aromatic rings. The van der Waals surface area contributed by atoms with E-state index in [-0.39, 0.29) is 11.7 Å². The number of rotatable bonds is 4. The third-order valence-corrected chi connectivity index (χ3v) is 4.02. The Bertz CT molecular complexity index is 477. The van der Waals surface area contributed by atoms with Crippen molar-refractivity contribution in [2.45, 2.75) is 31.9 Å². The van der Waals surface area contributed by atoms with Crippen molar-refractivity contribution < 1.29 is 18.0 Å². The van der Waals surface area contributed by atoms with Crippen molar-refractivity contribution in [2.75, 3.05) is 17.6 Å². The quantitative estimate of drug-likeness (QED) is 0.830. The van der Waals surface area contributed by atoms with Gasteiger partial charge in [-0.3, -0.25) is 4.79 Å². The zero-order valence-electron chi connectivity index (χ0n) is 9.73. The number of anilines is 2. The third kappa shape index (κ3) is 2.77. The summed E-state index contributed by atoms with van der Waals surface area (Å²) in [7, 11) is 0. The van der Waals surface area contributed by atoms with E-state index in [4.69, 9.17) is 5.73 Å². The van der Waals surface area contributed by atoms with Crippen molar-refractivity contribution in [3.63, 3.8) is 0 Å². The van der Waals surface area contributed by atoms with Gasteiger partial charge in [0.25, 0.3) is 0 Å². The number of ketones is 1. The molecule has 7 heteroatoms. The van der Waals surface area contributed by atoms with Crippen molar-refractivity contribution in [3.05, 3.63) is 10.4 Å². The van der Waals surface area contributed by atoms with Crippen LogP contribution in [0.15, 0.2) is 0 Å². The number of carbonyl (C=O) groups excluding carboxylic acids is 1. The number of hydrogen-bond acceptors (Lipinski definition) is 4. The van der Waals surface area contributed by atoms with Crippen LogP contribution in [0, 0.1) is 0 Å². The molecule has 1 fully saturated rings. The molecular weight excluding hydrogens is 265 g/mol. The lowest BCUT2D eigenvalue weighted by atomic mass is 10.1. The summed E-state index contributed by atoms with van der Waals surface area (Å²) in [5.41, 5.74) is 6.89. The van der Waals surface area contributed by atoms with Gasteiger partial charge >= 0.3 is 6.18 Å². The maximum absolute atomic E-state index is 12.2. The Labute approximate surface area is 106 Å². The molecule has 1 saturated carbocycles. The Kier molecular flexibility index (Phi) is 3.27. The van der Waals surface area contributed by atoms with Crippen LogP contribution in [0.5, 0.6) is 0 Å². The van der Waals surface area contributed by atoms with Crippen LogP contribution in [0.3, 0.4) is 0 Å². The van der Waals surface area contributed by atoms with E-state index in [1.807, 2.05) is 0 Å². The van der Waals surface area contributed by atoms with E-state index in [2.05, 4.69) is 5.32 Å². The summed E-state index contributed by atoms with van der Waals surface area (Å²) >= 11 is 1.02. The number of halogens is 3. The highest BCUT2D eigenvalue weighted by atomic mass is 32.1. The molecule has 0 spiro atoms. The maximum Gasteiger partial charge on any atom is 0.405 e. The van der Waals surface area contributed by atoms with Gasteiger partial charge in [0.2, 0.25) is 0 Å². The predicted octanol–water partition coefficient (Wildman–Crippen LogP) is 3.38. The van der Waals surface area contributed by atoms with Crippen LogP contribution >= 0.6 is 11.3 Å². The zero-order valence-corrected chi connectivity index (χ0v) is 10.5. The van der Waals surface area contributed by atoms with Crippen LogP contribution in [0.2, 0.25) is 0 Å². The van der Waals surface area contributed by atoms with Crippen LogP contribution in [0.1, 0.15) is 40.9 Å². The molecule has 100 valence electrons. The molecule has 0 aromatic carbocycles. The SMILES string of the molecule is CC(=O)c1sc(NCC(F)(F)F)c(C2CC2)c1N. The molecule has 0 bridgehead atoms. The molecule has 1 heterocycles. The van der Waals surface area contributed by atoms with Crippen LogP contribution in [0.25, 0.3) is 0 Å². The maximum atomic E-state index is 12.2. The van der Waals surface area contributed by atoms with Gasteiger partial charge < -0.3 is 11.1 Å². The highest BCUT2D eigenvalue weighted by molar-refractivity contribution is 7.18. The molecule has 1 aromatic heterocycles. The molecule has 18 heavy (non-hydrogen) atoms. The molecule has 0 unspecified atom stereocenters. The number of hydrogen-bond donors (Lipinski definition) is 2. The first-order chi connectivity index (χ1) is 8.29. The minimum Gasteiger partial charge on any atom is -0.397 e. The fraction of sp³-hybridized carbons (Fsp3) is 0.545. The molecule has 1 aliphatic rings. The van der Waals surface area contributed by atoms with Crippen molar-refractivity contribution in [2.24, 2.45) is 0 Å². The molecule has 0 saturated heterocycles. The second-order valence-corrected chi connectivity index (χ2v) is 5.41. The Morgan fingerprint density at radius 2 is 2.11 bits per heavy atom. The van der Waals surface area contributed by atoms with E-state index in [0.29, 0.717) is 21.1 Å². The predicted molar refractivity (Wildman–Crippen MR) is 65.3 cm³/mol. The summed E-state index contributed by atoms with van der Waals surface area (Å²) in [4.78, 5) is 11.7. The molecule has 0 amide bonds. The van der Waals surface area contributed by atoms with E-state index < -0.39 is 12.7 Å². The summed E-state index contributed by atoms with van der Waals surface area (Å²) < 4.78 is 36.6. The summed E-state index contributed by atoms with van der Waals surface area (Å²) in [6, 6.07) is 0. The van der Waals surface area contributed by atoms with Crippen LogP contribution in [-0.4, -0.2) is 18.5 Å². The van der Waals surface area contributed by atoms with E-state index in [1.54, 1.807) is 0 Å². The normalized spacial score (nSPS) is 15.8. The van der Waals surface area contributed by atoms with Gasteiger partial charge in [-0.1, -0.05) is 0 Å². The second kappa shape index (κ2) is 4.46. The molecule has 3 nitrogen and oxygen atoms in total. The number of nitrogens with two attached hydrogens (primary N) is 1. The summed E-state index contributed by atoms with van der Waals surface area (Å²) in [5, 5.41) is 2.74. The largest absolute Gasteiger partial charge is 0.405 e. The van der Waals surface area contributed by atoms with E-state index in [1.165, 1.54) is 6.92 Å². The number of nitrogen functional groups attached to an aromatic ring is 1. The first-order valence-corrected chi connectivity index (χ1v) is 6.35. The number of nitrogens with one attached hydrogen (secondary N) is 1. The van der Waals surface area contributed by atoms with Gasteiger partial charge in [0.1, 0.15) is 6.54 Å². The van der Waals surface area contributed by atoms with Gasteiger partial charge in [-0.25, -0.2) is 0 Å².